The van der Waals surface area contributed by atoms with Crippen LogP contribution >= 0.6 is 0 Å². The molecule has 0 spiro atoms. The van der Waals surface area contributed by atoms with E-state index < -0.39 is 0 Å². The highest BCUT2D eigenvalue weighted by Gasteiger charge is 2.10. The Hall–Kier alpha value is -1.55. The zero-order chi connectivity index (χ0) is 16.3. The van der Waals surface area contributed by atoms with E-state index in [0.717, 1.165) is 32.4 Å². The second-order valence-electron chi connectivity index (χ2n) is 6.58. The van der Waals surface area contributed by atoms with Crippen LogP contribution in [0.1, 0.15) is 44.6 Å². The van der Waals surface area contributed by atoms with Crippen LogP contribution in [0.5, 0.6) is 0 Å². The summed E-state index contributed by atoms with van der Waals surface area (Å²) in [7, 11) is 0. The highest BCUT2D eigenvalue weighted by molar-refractivity contribution is 5.74. The van der Waals surface area contributed by atoms with Gasteiger partial charge in [0.25, 0.3) is 0 Å². The largest absolute Gasteiger partial charge is 0.338 e. The van der Waals surface area contributed by atoms with Gasteiger partial charge in [-0.2, -0.15) is 0 Å². The maximum absolute atomic E-state index is 11.9. The van der Waals surface area contributed by atoms with Crippen molar-refractivity contribution in [3.05, 3.63) is 35.9 Å². The first-order valence-corrected chi connectivity index (χ1v) is 9.04. The van der Waals surface area contributed by atoms with E-state index in [1.165, 1.54) is 37.9 Å². The number of hydrogen-bond donors (Lipinski definition) is 2. The molecule has 1 fully saturated rings. The number of carbonyl (C=O) groups excluding carboxylic acids is 1. The Balaban J connectivity index is 1.51. The van der Waals surface area contributed by atoms with Gasteiger partial charge in [0, 0.05) is 12.6 Å². The van der Waals surface area contributed by atoms with E-state index in [4.69, 9.17) is 0 Å². The predicted octanol–water partition coefficient (Wildman–Crippen LogP) is 3.18. The number of amides is 2. The Bertz CT molecular complexity index is 443. The summed E-state index contributed by atoms with van der Waals surface area (Å²) in [5.41, 5.74) is 1.32. The number of urea groups is 1. The van der Waals surface area contributed by atoms with E-state index in [9.17, 15) is 4.79 Å². The molecule has 2 rings (SSSR count). The minimum atomic E-state index is -0.0378. The number of nitrogens with zero attached hydrogens (tertiary/aromatic N) is 1. The van der Waals surface area contributed by atoms with Gasteiger partial charge in [0.05, 0.1) is 0 Å². The molecule has 1 aromatic rings. The molecule has 0 saturated carbocycles. The Morgan fingerprint density at radius 2 is 1.91 bits per heavy atom. The van der Waals surface area contributed by atoms with E-state index >= 15 is 0 Å². The quantitative estimate of drug-likeness (QED) is 0.723. The standard InChI is InChI=1S/C19H31N3O/c1-17(11-12-18-9-4-2-5-10-18)21-19(23)20-13-8-16-22-14-6-3-7-15-22/h2,4-5,9-10,17H,3,6-8,11-16H2,1H3,(H2,20,21,23). The predicted molar refractivity (Wildman–Crippen MR) is 95.7 cm³/mol. The fraction of sp³-hybridized carbons (Fsp3) is 0.632. The topological polar surface area (TPSA) is 44.4 Å². The summed E-state index contributed by atoms with van der Waals surface area (Å²) in [4.78, 5) is 14.4. The van der Waals surface area contributed by atoms with Gasteiger partial charge in [-0.05, 0) is 64.2 Å². The summed E-state index contributed by atoms with van der Waals surface area (Å²) in [6, 6.07) is 10.6. The maximum atomic E-state index is 11.9. The van der Waals surface area contributed by atoms with Gasteiger partial charge in [-0.3, -0.25) is 0 Å². The van der Waals surface area contributed by atoms with Gasteiger partial charge in [-0.25, -0.2) is 4.79 Å². The summed E-state index contributed by atoms with van der Waals surface area (Å²) < 4.78 is 0. The third kappa shape index (κ3) is 7.51. The molecule has 1 saturated heterocycles. The fourth-order valence-electron chi connectivity index (χ4n) is 3.06. The molecule has 1 atom stereocenters. The molecule has 4 heteroatoms. The molecule has 0 radical (unpaired) electrons. The number of benzene rings is 1. The minimum absolute atomic E-state index is 0.0378. The molecule has 128 valence electrons. The molecule has 0 aliphatic carbocycles. The van der Waals surface area contributed by atoms with Crippen LogP contribution in [-0.4, -0.2) is 43.2 Å². The second kappa shape index (κ2) is 10.3. The number of aryl methyl sites for hydroxylation is 1. The first-order chi connectivity index (χ1) is 11.2. The number of carbonyl (C=O) groups is 1. The van der Waals surface area contributed by atoms with Crippen molar-refractivity contribution in [1.82, 2.24) is 15.5 Å². The van der Waals surface area contributed by atoms with Crippen LogP contribution in [0.25, 0.3) is 0 Å². The average Bonchev–Trinajstić information content (AvgIpc) is 2.59. The van der Waals surface area contributed by atoms with E-state index in [0.29, 0.717) is 0 Å². The SMILES string of the molecule is CC(CCc1ccccc1)NC(=O)NCCCN1CCCCC1. The number of piperidine rings is 1. The molecule has 1 aromatic carbocycles. The first kappa shape index (κ1) is 17.8. The van der Waals surface area contributed by atoms with Gasteiger partial charge < -0.3 is 15.5 Å². The maximum Gasteiger partial charge on any atom is 0.314 e. The molecule has 23 heavy (non-hydrogen) atoms. The fourth-order valence-corrected chi connectivity index (χ4v) is 3.06. The van der Waals surface area contributed by atoms with Crippen LogP contribution in [0.3, 0.4) is 0 Å². The van der Waals surface area contributed by atoms with Crippen LogP contribution in [0.4, 0.5) is 4.79 Å². The zero-order valence-corrected chi connectivity index (χ0v) is 14.4. The average molecular weight is 317 g/mol. The number of rotatable bonds is 8. The molecule has 1 unspecified atom stereocenters. The van der Waals surface area contributed by atoms with E-state index in [1.807, 2.05) is 6.07 Å². The van der Waals surface area contributed by atoms with Gasteiger partial charge in [-0.15, -0.1) is 0 Å². The molecule has 4 nitrogen and oxygen atoms in total. The Morgan fingerprint density at radius 1 is 1.17 bits per heavy atom. The Labute approximate surface area is 140 Å². The van der Waals surface area contributed by atoms with Crippen molar-refractivity contribution in [2.45, 2.75) is 51.5 Å². The van der Waals surface area contributed by atoms with Gasteiger partial charge in [0.2, 0.25) is 0 Å². The third-order valence-corrected chi connectivity index (χ3v) is 4.47. The normalized spacial score (nSPS) is 16.7. The summed E-state index contributed by atoms with van der Waals surface area (Å²) in [6.07, 6.45) is 7.02. The highest BCUT2D eigenvalue weighted by Crippen LogP contribution is 2.08. The van der Waals surface area contributed by atoms with Gasteiger partial charge in [-0.1, -0.05) is 36.8 Å². The van der Waals surface area contributed by atoms with Crippen molar-refractivity contribution in [2.75, 3.05) is 26.2 Å². The lowest BCUT2D eigenvalue weighted by atomic mass is 10.1. The smallest absolute Gasteiger partial charge is 0.314 e. The van der Waals surface area contributed by atoms with Gasteiger partial charge in [0.15, 0.2) is 0 Å². The van der Waals surface area contributed by atoms with Crippen molar-refractivity contribution in [2.24, 2.45) is 0 Å². The van der Waals surface area contributed by atoms with Crippen molar-refractivity contribution in [1.29, 1.82) is 0 Å². The van der Waals surface area contributed by atoms with Crippen molar-refractivity contribution in [3.8, 4) is 0 Å². The zero-order valence-electron chi connectivity index (χ0n) is 14.4. The van der Waals surface area contributed by atoms with Crippen molar-refractivity contribution >= 4 is 6.03 Å². The lowest BCUT2D eigenvalue weighted by molar-refractivity contribution is 0.221. The first-order valence-electron chi connectivity index (χ1n) is 9.04. The summed E-state index contributed by atoms with van der Waals surface area (Å²) in [5, 5.41) is 6.00. The molecule has 1 aliphatic heterocycles. The van der Waals surface area contributed by atoms with Crippen LogP contribution in [0.15, 0.2) is 30.3 Å². The van der Waals surface area contributed by atoms with Gasteiger partial charge >= 0.3 is 6.03 Å². The Morgan fingerprint density at radius 3 is 2.65 bits per heavy atom. The molecule has 1 aliphatic rings. The van der Waals surface area contributed by atoms with Crippen molar-refractivity contribution in [3.63, 3.8) is 0 Å². The van der Waals surface area contributed by atoms with E-state index in [2.05, 4.69) is 46.7 Å². The van der Waals surface area contributed by atoms with Crippen LogP contribution in [0, 0.1) is 0 Å². The van der Waals surface area contributed by atoms with E-state index in [1.54, 1.807) is 0 Å². The lowest BCUT2D eigenvalue weighted by Gasteiger charge is -2.26. The molecule has 2 amide bonds. The van der Waals surface area contributed by atoms with Crippen LogP contribution in [0.2, 0.25) is 0 Å². The highest BCUT2D eigenvalue weighted by atomic mass is 16.2. The second-order valence-corrected chi connectivity index (χ2v) is 6.58. The summed E-state index contributed by atoms with van der Waals surface area (Å²) in [6.45, 7) is 6.37. The summed E-state index contributed by atoms with van der Waals surface area (Å²) in [5.74, 6) is 0. The molecule has 1 heterocycles. The lowest BCUT2D eigenvalue weighted by Crippen LogP contribution is -2.42. The number of likely N-dealkylation sites (tertiary alicyclic amines) is 1. The summed E-state index contributed by atoms with van der Waals surface area (Å²) >= 11 is 0. The molecule has 0 bridgehead atoms. The molecular weight excluding hydrogens is 286 g/mol. The third-order valence-electron chi connectivity index (χ3n) is 4.47. The van der Waals surface area contributed by atoms with Crippen LogP contribution in [-0.2, 0) is 6.42 Å². The monoisotopic (exact) mass is 317 g/mol. The van der Waals surface area contributed by atoms with Crippen LogP contribution < -0.4 is 10.6 Å². The number of nitrogens with one attached hydrogen (secondary N) is 2. The van der Waals surface area contributed by atoms with Gasteiger partial charge in [0.1, 0.15) is 0 Å². The molecular formula is C19H31N3O. The Kier molecular flexibility index (Phi) is 7.95. The molecule has 0 aromatic heterocycles. The molecule has 2 N–H and O–H groups in total. The minimum Gasteiger partial charge on any atom is -0.338 e. The van der Waals surface area contributed by atoms with Crippen molar-refractivity contribution < 1.29 is 4.79 Å². The number of hydrogen-bond acceptors (Lipinski definition) is 2. The van der Waals surface area contributed by atoms with E-state index in [-0.39, 0.29) is 12.1 Å².